The van der Waals surface area contributed by atoms with Crippen LogP contribution >= 0.6 is 0 Å². The Morgan fingerprint density at radius 1 is 1.12 bits per heavy atom. The number of methoxy groups -OCH3 is 1. The molecule has 16 heavy (non-hydrogen) atoms. The van der Waals surface area contributed by atoms with Gasteiger partial charge in [0.05, 0.1) is 39.6 Å². The molecule has 0 radical (unpaired) electrons. The van der Waals surface area contributed by atoms with Crippen LogP contribution in [0.4, 0.5) is 0 Å². The van der Waals surface area contributed by atoms with E-state index >= 15 is 0 Å². The minimum absolute atomic E-state index is 0.0361. The van der Waals surface area contributed by atoms with Gasteiger partial charge < -0.3 is 23.7 Å². The molecular weight excluding hydrogens is 212 g/mol. The summed E-state index contributed by atoms with van der Waals surface area (Å²) in [4.78, 5) is 0. The van der Waals surface area contributed by atoms with Crippen LogP contribution in [0.25, 0.3) is 0 Å². The molecule has 1 aliphatic heterocycles. The average molecular weight is 234 g/mol. The van der Waals surface area contributed by atoms with Crippen LogP contribution in [-0.2, 0) is 23.7 Å². The summed E-state index contributed by atoms with van der Waals surface area (Å²) in [5.74, 6) is -0.469. The fourth-order valence-corrected chi connectivity index (χ4v) is 1.42. The number of hydrogen-bond acceptors (Lipinski definition) is 5. The Balaban J connectivity index is 1.88. The molecule has 1 rings (SSSR count). The van der Waals surface area contributed by atoms with E-state index in [1.165, 1.54) is 0 Å². The first-order valence-electron chi connectivity index (χ1n) is 5.60. The Bertz CT molecular complexity index is 183. The fraction of sp³-hybridized carbons (Fsp3) is 1.00. The van der Waals surface area contributed by atoms with Gasteiger partial charge in [0.2, 0.25) is 0 Å². The van der Waals surface area contributed by atoms with Gasteiger partial charge >= 0.3 is 0 Å². The van der Waals surface area contributed by atoms with Crippen molar-refractivity contribution in [3.8, 4) is 0 Å². The zero-order chi connectivity index (χ0) is 11.9. The highest BCUT2D eigenvalue weighted by molar-refractivity contribution is 4.70. The van der Waals surface area contributed by atoms with Crippen molar-refractivity contribution >= 4 is 0 Å². The van der Waals surface area contributed by atoms with Gasteiger partial charge in [0.1, 0.15) is 6.10 Å². The summed E-state index contributed by atoms with van der Waals surface area (Å²) < 4.78 is 26.5. The lowest BCUT2D eigenvalue weighted by Gasteiger charge is -2.17. The number of hydrogen-bond donors (Lipinski definition) is 0. The predicted molar refractivity (Wildman–Crippen MR) is 58.4 cm³/mol. The van der Waals surface area contributed by atoms with Crippen LogP contribution in [0, 0.1) is 0 Å². The van der Waals surface area contributed by atoms with Gasteiger partial charge in [0.15, 0.2) is 5.79 Å². The third kappa shape index (κ3) is 5.77. The lowest BCUT2D eigenvalue weighted by molar-refractivity contribution is -0.145. The molecule has 1 saturated heterocycles. The van der Waals surface area contributed by atoms with Gasteiger partial charge in [-0.25, -0.2) is 0 Å². The lowest BCUT2D eigenvalue weighted by atomic mass is 10.4. The number of ether oxygens (including phenoxy) is 5. The Morgan fingerprint density at radius 3 is 2.44 bits per heavy atom. The van der Waals surface area contributed by atoms with Crippen molar-refractivity contribution in [1.29, 1.82) is 0 Å². The summed E-state index contributed by atoms with van der Waals surface area (Å²) in [7, 11) is 1.65. The molecule has 0 aromatic heterocycles. The van der Waals surface area contributed by atoms with E-state index in [1.807, 2.05) is 13.8 Å². The summed E-state index contributed by atoms with van der Waals surface area (Å²) in [6.07, 6.45) is 0.0361. The van der Waals surface area contributed by atoms with Crippen LogP contribution in [0.3, 0.4) is 0 Å². The van der Waals surface area contributed by atoms with Crippen molar-refractivity contribution in [3.05, 3.63) is 0 Å². The van der Waals surface area contributed by atoms with Crippen molar-refractivity contribution in [2.45, 2.75) is 25.7 Å². The van der Waals surface area contributed by atoms with Gasteiger partial charge in [-0.15, -0.1) is 0 Å². The normalized spacial score (nSPS) is 23.8. The summed E-state index contributed by atoms with van der Waals surface area (Å²) in [6.45, 7) is 7.34. The van der Waals surface area contributed by atoms with Crippen LogP contribution < -0.4 is 0 Å². The maximum atomic E-state index is 5.59. The van der Waals surface area contributed by atoms with Gasteiger partial charge in [-0.05, 0) is 13.8 Å². The van der Waals surface area contributed by atoms with E-state index < -0.39 is 5.79 Å². The molecule has 1 heterocycles. The van der Waals surface area contributed by atoms with E-state index in [9.17, 15) is 0 Å². The van der Waals surface area contributed by atoms with Gasteiger partial charge in [-0.2, -0.15) is 0 Å². The van der Waals surface area contributed by atoms with Crippen molar-refractivity contribution < 1.29 is 23.7 Å². The van der Waals surface area contributed by atoms with Crippen LogP contribution in [0.15, 0.2) is 0 Å². The van der Waals surface area contributed by atoms with Crippen LogP contribution in [0.2, 0.25) is 0 Å². The third-order valence-electron chi connectivity index (χ3n) is 2.17. The first-order valence-corrected chi connectivity index (χ1v) is 5.60. The summed E-state index contributed by atoms with van der Waals surface area (Å²) in [5, 5.41) is 0. The molecule has 0 N–H and O–H groups in total. The third-order valence-corrected chi connectivity index (χ3v) is 2.17. The molecule has 0 amide bonds. The smallest absolute Gasteiger partial charge is 0.163 e. The molecule has 96 valence electrons. The topological polar surface area (TPSA) is 46.2 Å². The molecule has 1 aliphatic rings. The van der Waals surface area contributed by atoms with Crippen molar-refractivity contribution in [3.63, 3.8) is 0 Å². The van der Waals surface area contributed by atoms with E-state index in [4.69, 9.17) is 23.7 Å². The molecule has 0 aromatic carbocycles. The molecule has 0 aliphatic carbocycles. The Morgan fingerprint density at radius 2 is 1.81 bits per heavy atom. The summed E-state index contributed by atoms with van der Waals surface area (Å²) in [6, 6.07) is 0. The molecule has 0 bridgehead atoms. The second-order valence-corrected chi connectivity index (χ2v) is 4.13. The first kappa shape index (κ1) is 13.9. The van der Waals surface area contributed by atoms with Crippen molar-refractivity contribution in [1.82, 2.24) is 0 Å². The van der Waals surface area contributed by atoms with Gasteiger partial charge in [0.25, 0.3) is 0 Å². The second-order valence-electron chi connectivity index (χ2n) is 4.13. The van der Waals surface area contributed by atoms with Crippen molar-refractivity contribution in [2.75, 3.05) is 46.8 Å². The van der Waals surface area contributed by atoms with Crippen LogP contribution in [-0.4, -0.2) is 58.6 Å². The predicted octanol–water partition coefficient (Wildman–Crippen LogP) is 0.817. The highest BCUT2D eigenvalue weighted by Gasteiger charge is 2.32. The van der Waals surface area contributed by atoms with E-state index in [0.29, 0.717) is 39.6 Å². The van der Waals surface area contributed by atoms with Crippen molar-refractivity contribution in [2.24, 2.45) is 0 Å². The molecule has 0 saturated carbocycles. The molecule has 0 aromatic rings. The zero-order valence-electron chi connectivity index (χ0n) is 10.4. The van der Waals surface area contributed by atoms with Crippen LogP contribution in [0.1, 0.15) is 13.8 Å². The largest absolute Gasteiger partial charge is 0.382 e. The van der Waals surface area contributed by atoms with Crippen LogP contribution in [0.5, 0.6) is 0 Å². The standard InChI is InChI=1S/C11H22O5/c1-11(2)15-9-10(16-11)8-14-7-6-13-5-4-12-3/h10H,4-9H2,1-3H3/t10-/m1/s1. The molecule has 0 unspecified atom stereocenters. The summed E-state index contributed by atoms with van der Waals surface area (Å²) in [5.41, 5.74) is 0. The number of rotatable bonds is 8. The Kier molecular flexibility index (Phi) is 6.23. The van der Waals surface area contributed by atoms with E-state index in [-0.39, 0.29) is 6.10 Å². The maximum Gasteiger partial charge on any atom is 0.163 e. The Hall–Kier alpha value is -0.200. The van der Waals surface area contributed by atoms with E-state index in [1.54, 1.807) is 7.11 Å². The zero-order valence-corrected chi connectivity index (χ0v) is 10.4. The highest BCUT2D eigenvalue weighted by atomic mass is 16.7. The minimum Gasteiger partial charge on any atom is -0.382 e. The molecule has 1 fully saturated rings. The van der Waals surface area contributed by atoms with Gasteiger partial charge in [-0.1, -0.05) is 0 Å². The van der Waals surface area contributed by atoms with E-state index in [2.05, 4.69) is 0 Å². The quantitative estimate of drug-likeness (QED) is 0.582. The highest BCUT2D eigenvalue weighted by Crippen LogP contribution is 2.22. The molecule has 0 spiro atoms. The Labute approximate surface area is 97.0 Å². The molecule has 5 nitrogen and oxygen atoms in total. The van der Waals surface area contributed by atoms with Gasteiger partial charge in [-0.3, -0.25) is 0 Å². The van der Waals surface area contributed by atoms with Gasteiger partial charge in [0, 0.05) is 7.11 Å². The molecular formula is C11H22O5. The summed E-state index contributed by atoms with van der Waals surface area (Å²) >= 11 is 0. The first-order chi connectivity index (χ1) is 7.64. The minimum atomic E-state index is -0.469. The molecule has 5 heteroatoms. The SMILES string of the molecule is COCCOCCOC[C@@H]1COC(C)(C)O1. The fourth-order valence-electron chi connectivity index (χ4n) is 1.42. The van der Waals surface area contributed by atoms with E-state index in [0.717, 1.165) is 0 Å². The maximum absolute atomic E-state index is 5.59. The second kappa shape index (κ2) is 7.19. The molecule has 1 atom stereocenters. The lowest BCUT2D eigenvalue weighted by Crippen LogP contribution is -2.24. The average Bonchev–Trinajstić information content (AvgIpc) is 2.57. The monoisotopic (exact) mass is 234 g/mol.